The molecule has 1 saturated heterocycles. The standard InChI is InChI=1S/C26H25NO5/c1-2-3-14-31-20-12-7-11-19(16-20)24(28)22-23(18-9-5-4-6-10-18)27(26(30)25(22)29)17-21-13-8-15-32-21/h4-13,15-16,23,28H,2-3,14,17H2,1H3/b24-22+. The van der Waals surface area contributed by atoms with Crippen molar-refractivity contribution in [1.82, 2.24) is 4.90 Å². The van der Waals surface area contributed by atoms with Crippen LogP contribution in [-0.2, 0) is 16.1 Å². The maximum absolute atomic E-state index is 13.1. The van der Waals surface area contributed by atoms with E-state index in [-0.39, 0.29) is 17.9 Å². The summed E-state index contributed by atoms with van der Waals surface area (Å²) in [6.07, 6.45) is 3.45. The first-order valence-electron chi connectivity index (χ1n) is 10.7. The molecule has 6 heteroatoms. The fourth-order valence-electron chi connectivity index (χ4n) is 3.82. The second-order valence-electron chi connectivity index (χ2n) is 7.65. The number of carbonyl (C=O) groups excluding carboxylic acids is 2. The fourth-order valence-corrected chi connectivity index (χ4v) is 3.82. The van der Waals surface area contributed by atoms with E-state index in [0.717, 1.165) is 18.4 Å². The summed E-state index contributed by atoms with van der Waals surface area (Å²) < 4.78 is 11.1. The van der Waals surface area contributed by atoms with Gasteiger partial charge in [-0.05, 0) is 36.2 Å². The maximum atomic E-state index is 13.1. The average molecular weight is 431 g/mol. The van der Waals surface area contributed by atoms with E-state index in [1.807, 2.05) is 30.3 Å². The number of benzene rings is 2. The molecular formula is C26H25NO5. The van der Waals surface area contributed by atoms with E-state index in [1.54, 1.807) is 36.4 Å². The number of amides is 1. The maximum Gasteiger partial charge on any atom is 0.296 e. The Morgan fingerprint density at radius 3 is 2.59 bits per heavy atom. The van der Waals surface area contributed by atoms with Gasteiger partial charge in [0.2, 0.25) is 0 Å². The highest BCUT2D eigenvalue weighted by atomic mass is 16.5. The molecule has 1 N–H and O–H groups in total. The molecule has 1 fully saturated rings. The molecule has 2 aromatic carbocycles. The molecule has 4 rings (SSSR count). The molecule has 1 unspecified atom stereocenters. The number of hydrogen-bond donors (Lipinski definition) is 1. The highest BCUT2D eigenvalue weighted by Gasteiger charge is 2.46. The van der Waals surface area contributed by atoms with Gasteiger partial charge in [-0.15, -0.1) is 0 Å². The topological polar surface area (TPSA) is 80.0 Å². The zero-order chi connectivity index (χ0) is 22.5. The molecule has 0 saturated carbocycles. The van der Waals surface area contributed by atoms with Gasteiger partial charge in [0.05, 0.1) is 31.0 Å². The van der Waals surface area contributed by atoms with Crippen LogP contribution in [0.3, 0.4) is 0 Å². The Kier molecular flexibility index (Phi) is 6.40. The number of aliphatic hydroxyl groups is 1. The molecule has 0 radical (unpaired) electrons. The fraction of sp³-hybridized carbons (Fsp3) is 0.231. The van der Waals surface area contributed by atoms with Crippen molar-refractivity contribution in [3.63, 3.8) is 0 Å². The molecular weight excluding hydrogens is 406 g/mol. The van der Waals surface area contributed by atoms with E-state index < -0.39 is 17.7 Å². The number of aliphatic hydroxyl groups excluding tert-OH is 1. The van der Waals surface area contributed by atoms with E-state index in [9.17, 15) is 14.7 Å². The normalized spacial score (nSPS) is 17.7. The van der Waals surface area contributed by atoms with Gasteiger partial charge in [-0.25, -0.2) is 0 Å². The molecule has 0 bridgehead atoms. The van der Waals surface area contributed by atoms with Gasteiger partial charge in [0.15, 0.2) is 0 Å². The van der Waals surface area contributed by atoms with Gasteiger partial charge in [0.1, 0.15) is 17.3 Å². The summed E-state index contributed by atoms with van der Waals surface area (Å²) in [5.41, 5.74) is 1.21. The number of likely N-dealkylation sites (tertiary alicyclic amines) is 1. The third kappa shape index (κ3) is 4.30. The smallest absolute Gasteiger partial charge is 0.296 e. The molecule has 1 amide bonds. The number of ketones is 1. The van der Waals surface area contributed by atoms with Crippen LogP contribution in [0, 0.1) is 0 Å². The molecule has 2 heterocycles. The number of unbranched alkanes of at least 4 members (excludes halogenated alkanes) is 1. The molecule has 0 aliphatic carbocycles. The van der Waals surface area contributed by atoms with Crippen LogP contribution in [0.4, 0.5) is 0 Å². The van der Waals surface area contributed by atoms with Crippen molar-refractivity contribution in [2.45, 2.75) is 32.4 Å². The Hall–Kier alpha value is -3.80. The van der Waals surface area contributed by atoms with Crippen LogP contribution in [0.5, 0.6) is 5.75 Å². The minimum atomic E-state index is -0.731. The van der Waals surface area contributed by atoms with E-state index in [1.165, 1.54) is 11.2 Å². The molecule has 1 aromatic heterocycles. The zero-order valence-corrected chi connectivity index (χ0v) is 17.9. The second kappa shape index (κ2) is 9.56. The number of ether oxygens (including phenoxy) is 1. The summed E-state index contributed by atoms with van der Waals surface area (Å²) in [5, 5.41) is 11.2. The van der Waals surface area contributed by atoms with E-state index in [0.29, 0.717) is 23.7 Å². The lowest BCUT2D eigenvalue weighted by Crippen LogP contribution is -2.29. The molecule has 3 aromatic rings. The van der Waals surface area contributed by atoms with Crippen LogP contribution in [0.15, 0.2) is 83.0 Å². The molecule has 1 aliphatic rings. The number of nitrogens with zero attached hydrogens (tertiary/aromatic N) is 1. The van der Waals surface area contributed by atoms with Gasteiger partial charge >= 0.3 is 0 Å². The van der Waals surface area contributed by atoms with Crippen LogP contribution in [0.25, 0.3) is 5.76 Å². The second-order valence-corrected chi connectivity index (χ2v) is 7.65. The van der Waals surface area contributed by atoms with E-state index in [2.05, 4.69) is 6.92 Å². The molecule has 0 spiro atoms. The summed E-state index contributed by atoms with van der Waals surface area (Å²) in [6, 6.07) is 18.9. The van der Waals surface area contributed by atoms with Crippen LogP contribution in [-0.4, -0.2) is 28.3 Å². The predicted molar refractivity (Wildman–Crippen MR) is 120 cm³/mol. The van der Waals surface area contributed by atoms with Crippen molar-refractivity contribution in [3.8, 4) is 5.75 Å². The van der Waals surface area contributed by atoms with Crippen molar-refractivity contribution >= 4 is 17.4 Å². The largest absolute Gasteiger partial charge is 0.507 e. The molecule has 164 valence electrons. The van der Waals surface area contributed by atoms with Crippen LogP contribution < -0.4 is 4.74 Å². The van der Waals surface area contributed by atoms with E-state index >= 15 is 0 Å². The lowest BCUT2D eigenvalue weighted by molar-refractivity contribution is -0.140. The number of Topliss-reactive ketones (excluding diaryl/α,β-unsaturated/α-hetero) is 1. The Labute approximate surface area is 186 Å². The van der Waals surface area contributed by atoms with Gasteiger partial charge < -0.3 is 19.2 Å². The average Bonchev–Trinajstić information content (AvgIpc) is 3.42. The molecule has 32 heavy (non-hydrogen) atoms. The Balaban J connectivity index is 1.76. The zero-order valence-electron chi connectivity index (χ0n) is 17.9. The minimum Gasteiger partial charge on any atom is -0.507 e. The van der Waals surface area contributed by atoms with E-state index in [4.69, 9.17) is 9.15 Å². The molecule has 6 nitrogen and oxygen atoms in total. The molecule has 1 atom stereocenters. The minimum absolute atomic E-state index is 0.0541. The third-order valence-corrected chi connectivity index (χ3v) is 5.44. The van der Waals surface area contributed by atoms with Gasteiger partial charge in [-0.2, -0.15) is 0 Å². The predicted octanol–water partition coefficient (Wildman–Crippen LogP) is 5.08. The summed E-state index contributed by atoms with van der Waals surface area (Å²) in [5.74, 6) is -0.463. The highest BCUT2D eigenvalue weighted by molar-refractivity contribution is 6.46. The first kappa shape index (κ1) is 21.4. The first-order chi connectivity index (χ1) is 15.6. The van der Waals surface area contributed by atoms with Crippen LogP contribution in [0.2, 0.25) is 0 Å². The van der Waals surface area contributed by atoms with Crippen molar-refractivity contribution in [1.29, 1.82) is 0 Å². The van der Waals surface area contributed by atoms with Gasteiger partial charge in [0, 0.05) is 5.56 Å². The number of hydrogen-bond acceptors (Lipinski definition) is 5. The lowest BCUT2D eigenvalue weighted by Gasteiger charge is -2.24. The first-order valence-corrected chi connectivity index (χ1v) is 10.7. The summed E-state index contributed by atoms with van der Waals surface area (Å²) in [4.78, 5) is 27.5. The monoisotopic (exact) mass is 431 g/mol. The summed E-state index contributed by atoms with van der Waals surface area (Å²) in [6.45, 7) is 2.77. The summed E-state index contributed by atoms with van der Waals surface area (Å²) in [7, 11) is 0. The Morgan fingerprint density at radius 2 is 1.88 bits per heavy atom. The van der Waals surface area contributed by atoms with Crippen LogP contribution in [0.1, 0.15) is 42.7 Å². The Bertz CT molecular complexity index is 1120. The van der Waals surface area contributed by atoms with Gasteiger partial charge in [-0.3, -0.25) is 9.59 Å². The van der Waals surface area contributed by atoms with Crippen LogP contribution >= 0.6 is 0 Å². The Morgan fingerprint density at radius 1 is 1.06 bits per heavy atom. The lowest BCUT2D eigenvalue weighted by atomic mass is 9.95. The van der Waals surface area contributed by atoms with Crippen molar-refractivity contribution in [2.75, 3.05) is 6.61 Å². The molecule has 1 aliphatic heterocycles. The quantitative estimate of drug-likeness (QED) is 0.233. The number of rotatable bonds is 8. The summed E-state index contributed by atoms with van der Waals surface area (Å²) >= 11 is 0. The third-order valence-electron chi connectivity index (χ3n) is 5.44. The van der Waals surface area contributed by atoms with Crippen molar-refractivity contribution in [3.05, 3.63) is 95.5 Å². The van der Waals surface area contributed by atoms with Gasteiger partial charge in [-0.1, -0.05) is 55.8 Å². The number of furan rings is 1. The van der Waals surface area contributed by atoms with Crippen molar-refractivity contribution < 1.29 is 23.8 Å². The van der Waals surface area contributed by atoms with Gasteiger partial charge in [0.25, 0.3) is 11.7 Å². The van der Waals surface area contributed by atoms with Crippen molar-refractivity contribution in [2.24, 2.45) is 0 Å². The number of carbonyl (C=O) groups is 2. The SMILES string of the molecule is CCCCOc1cccc(/C(O)=C2\C(=O)C(=O)N(Cc3ccco3)C2c2ccccc2)c1. The highest BCUT2D eigenvalue weighted by Crippen LogP contribution is 2.40.